The summed E-state index contributed by atoms with van der Waals surface area (Å²) in [6.07, 6.45) is 5.23. The Labute approximate surface area is 97.8 Å². The lowest BCUT2D eigenvalue weighted by molar-refractivity contribution is 0.213. The monoisotopic (exact) mass is 233 g/mol. The van der Waals surface area contributed by atoms with E-state index in [0.29, 0.717) is 0 Å². The van der Waals surface area contributed by atoms with Crippen molar-refractivity contribution in [3.05, 3.63) is 21.9 Å². The summed E-state index contributed by atoms with van der Waals surface area (Å²) < 4.78 is 0. The highest BCUT2D eigenvalue weighted by Crippen LogP contribution is 2.31. The van der Waals surface area contributed by atoms with Gasteiger partial charge in [-0.2, -0.15) is 0 Å². The number of hydrogen-bond acceptors (Lipinski definition) is 3. The maximum Gasteiger partial charge on any atom is 0.324 e. The van der Waals surface area contributed by atoms with Crippen molar-refractivity contribution in [3.63, 3.8) is 0 Å². The Balaban J connectivity index is 2.39. The van der Waals surface area contributed by atoms with Crippen LogP contribution in [-0.4, -0.2) is 23.3 Å². The molecule has 0 aliphatic carbocycles. The predicted molar refractivity (Wildman–Crippen MR) is 63.6 cm³/mol. The molecule has 5 heteroatoms. The van der Waals surface area contributed by atoms with Gasteiger partial charge < -0.3 is 0 Å². The molecule has 0 spiro atoms. The molecule has 0 aromatic carbocycles. The van der Waals surface area contributed by atoms with Gasteiger partial charge in [0.1, 0.15) is 11.9 Å². The van der Waals surface area contributed by atoms with E-state index in [2.05, 4.69) is 11.2 Å². The van der Waals surface area contributed by atoms with Crippen molar-refractivity contribution in [2.75, 3.05) is 6.54 Å². The van der Waals surface area contributed by atoms with Crippen molar-refractivity contribution >= 4 is 23.2 Å². The summed E-state index contributed by atoms with van der Waals surface area (Å²) in [5.74, 6) is 2.64. The Morgan fingerprint density at radius 1 is 1.75 bits per heavy atom. The molecule has 1 fully saturated rings. The van der Waals surface area contributed by atoms with Gasteiger partial charge in [0.2, 0.25) is 0 Å². The summed E-state index contributed by atoms with van der Waals surface area (Å²) in [5, 5.41) is 12.2. The summed E-state index contributed by atoms with van der Waals surface area (Å²) >= 11 is 1.54. The Kier molecular flexibility index (Phi) is 2.67. The third-order valence-corrected chi connectivity index (χ3v) is 3.57. The maximum atomic E-state index is 11.6. The molecule has 0 bridgehead atoms. The second-order valence-corrected chi connectivity index (χ2v) is 4.49. The van der Waals surface area contributed by atoms with Crippen LogP contribution in [0, 0.1) is 24.7 Å². The van der Waals surface area contributed by atoms with Gasteiger partial charge in [-0.15, -0.1) is 17.8 Å². The van der Waals surface area contributed by atoms with Gasteiger partial charge in [0.25, 0.3) is 0 Å². The normalized spacial score (nSPS) is 19.8. The van der Waals surface area contributed by atoms with E-state index >= 15 is 0 Å². The smallest absolute Gasteiger partial charge is 0.298 e. The van der Waals surface area contributed by atoms with Crippen molar-refractivity contribution in [1.29, 1.82) is 5.41 Å². The number of amides is 2. The fourth-order valence-electron chi connectivity index (χ4n) is 1.73. The van der Waals surface area contributed by atoms with Crippen molar-refractivity contribution in [2.24, 2.45) is 0 Å². The molecule has 0 saturated carbocycles. The second kappa shape index (κ2) is 3.99. The van der Waals surface area contributed by atoms with Crippen LogP contribution in [0.1, 0.15) is 16.5 Å². The highest BCUT2D eigenvalue weighted by atomic mass is 32.1. The summed E-state index contributed by atoms with van der Waals surface area (Å²) in [7, 11) is 0. The van der Waals surface area contributed by atoms with Crippen molar-refractivity contribution < 1.29 is 4.79 Å². The molecule has 1 unspecified atom stereocenters. The molecule has 1 aromatic heterocycles. The number of nitrogens with one attached hydrogen (secondary N) is 2. The molecule has 82 valence electrons. The molecule has 2 heterocycles. The molecule has 16 heavy (non-hydrogen) atoms. The lowest BCUT2D eigenvalue weighted by atomic mass is 10.1. The minimum Gasteiger partial charge on any atom is -0.298 e. The standard InChI is InChI=1S/C11H11N3OS/c1-3-5-14-8(10(12)13-11(14)15)9-7(2)4-6-16-9/h1,4,6,8H,5H2,2H3,(H2,12,13,15). The van der Waals surface area contributed by atoms with Gasteiger partial charge in [-0.1, -0.05) is 5.92 Å². The number of rotatable bonds is 2. The predicted octanol–water partition coefficient (Wildman–Crippen LogP) is 1.73. The number of nitrogens with zero attached hydrogens (tertiary/aromatic N) is 1. The largest absolute Gasteiger partial charge is 0.324 e. The number of thiophene rings is 1. The molecule has 1 aliphatic rings. The van der Waals surface area contributed by atoms with E-state index in [1.165, 1.54) is 16.2 Å². The van der Waals surface area contributed by atoms with Crippen LogP contribution in [0.4, 0.5) is 4.79 Å². The number of carbonyl (C=O) groups is 1. The van der Waals surface area contributed by atoms with E-state index in [9.17, 15) is 4.79 Å². The van der Waals surface area contributed by atoms with Gasteiger partial charge >= 0.3 is 6.03 Å². The summed E-state index contributed by atoms with van der Waals surface area (Å²) in [5.41, 5.74) is 1.08. The average molecular weight is 233 g/mol. The van der Waals surface area contributed by atoms with Crippen LogP contribution in [0.2, 0.25) is 0 Å². The zero-order chi connectivity index (χ0) is 11.7. The molecule has 2 amide bonds. The first-order valence-electron chi connectivity index (χ1n) is 4.78. The SMILES string of the molecule is C#CCN1C(=O)NC(=N)C1c1sccc1C. The van der Waals surface area contributed by atoms with Gasteiger partial charge in [-0.3, -0.25) is 15.6 Å². The average Bonchev–Trinajstić information content (AvgIpc) is 2.73. The Morgan fingerprint density at radius 3 is 3.06 bits per heavy atom. The third-order valence-electron chi connectivity index (χ3n) is 2.50. The number of amidine groups is 1. The van der Waals surface area contributed by atoms with Crippen LogP contribution in [0.15, 0.2) is 11.4 Å². The quantitative estimate of drug-likeness (QED) is 0.751. The number of carbonyl (C=O) groups excluding carboxylic acids is 1. The molecule has 1 aromatic rings. The Morgan fingerprint density at radius 2 is 2.50 bits per heavy atom. The Hall–Kier alpha value is -1.80. The molecular formula is C11H11N3OS. The fourth-order valence-corrected chi connectivity index (χ4v) is 2.77. The number of terminal acetylenes is 1. The van der Waals surface area contributed by atoms with E-state index < -0.39 is 0 Å². The maximum absolute atomic E-state index is 11.6. The second-order valence-electron chi connectivity index (χ2n) is 3.55. The van der Waals surface area contributed by atoms with Crippen molar-refractivity contribution in [2.45, 2.75) is 13.0 Å². The lowest BCUT2D eigenvalue weighted by Gasteiger charge is -2.19. The minimum atomic E-state index is -0.344. The first-order chi connectivity index (χ1) is 7.65. The number of aryl methyl sites for hydroxylation is 1. The first-order valence-corrected chi connectivity index (χ1v) is 5.66. The van der Waals surface area contributed by atoms with Crippen LogP contribution < -0.4 is 5.32 Å². The van der Waals surface area contributed by atoms with Crippen LogP contribution in [-0.2, 0) is 0 Å². The van der Waals surface area contributed by atoms with Crippen LogP contribution in [0.5, 0.6) is 0 Å². The fraction of sp³-hybridized carbons (Fsp3) is 0.273. The Bertz CT molecular complexity index is 486. The molecule has 0 radical (unpaired) electrons. The van der Waals surface area contributed by atoms with E-state index in [-0.39, 0.29) is 24.5 Å². The van der Waals surface area contributed by atoms with Crippen LogP contribution in [0.3, 0.4) is 0 Å². The lowest BCUT2D eigenvalue weighted by Crippen LogP contribution is -2.30. The molecule has 4 nitrogen and oxygen atoms in total. The van der Waals surface area contributed by atoms with E-state index in [4.69, 9.17) is 11.8 Å². The molecule has 2 N–H and O–H groups in total. The van der Waals surface area contributed by atoms with E-state index in [1.54, 1.807) is 0 Å². The van der Waals surface area contributed by atoms with Crippen molar-refractivity contribution in [1.82, 2.24) is 10.2 Å². The zero-order valence-electron chi connectivity index (χ0n) is 8.78. The third kappa shape index (κ3) is 1.57. The van der Waals surface area contributed by atoms with Gasteiger partial charge in [0.15, 0.2) is 0 Å². The topological polar surface area (TPSA) is 56.2 Å². The highest BCUT2D eigenvalue weighted by molar-refractivity contribution is 7.10. The van der Waals surface area contributed by atoms with Crippen LogP contribution >= 0.6 is 11.3 Å². The number of urea groups is 1. The van der Waals surface area contributed by atoms with Gasteiger partial charge in [-0.25, -0.2) is 4.79 Å². The molecular weight excluding hydrogens is 222 g/mol. The molecule has 1 atom stereocenters. The zero-order valence-corrected chi connectivity index (χ0v) is 9.60. The summed E-state index contributed by atoms with van der Waals surface area (Å²) in [6, 6.07) is 1.34. The summed E-state index contributed by atoms with van der Waals surface area (Å²) in [6.45, 7) is 2.19. The molecule has 2 rings (SSSR count). The van der Waals surface area contributed by atoms with E-state index in [0.717, 1.165) is 10.4 Å². The van der Waals surface area contributed by atoms with Gasteiger partial charge in [-0.05, 0) is 23.9 Å². The summed E-state index contributed by atoms with van der Waals surface area (Å²) in [4.78, 5) is 14.1. The highest BCUT2D eigenvalue weighted by Gasteiger charge is 2.37. The van der Waals surface area contributed by atoms with Gasteiger partial charge in [0, 0.05) is 4.88 Å². The van der Waals surface area contributed by atoms with Gasteiger partial charge in [0.05, 0.1) is 6.54 Å². The number of hydrogen-bond donors (Lipinski definition) is 2. The van der Waals surface area contributed by atoms with E-state index in [1.807, 2.05) is 18.4 Å². The molecule has 1 aliphatic heterocycles. The van der Waals surface area contributed by atoms with Crippen LogP contribution in [0.25, 0.3) is 0 Å². The first kappa shape index (κ1) is 10.7. The minimum absolute atomic E-state index is 0.200. The molecule has 1 saturated heterocycles. The van der Waals surface area contributed by atoms with Crippen molar-refractivity contribution in [3.8, 4) is 12.3 Å².